The number of aromatic nitrogens is 2. The van der Waals surface area contributed by atoms with E-state index in [1.807, 2.05) is 23.9 Å². The average molecular weight is 287 g/mol. The van der Waals surface area contributed by atoms with Gasteiger partial charge in [0, 0.05) is 23.3 Å². The highest BCUT2D eigenvalue weighted by molar-refractivity contribution is 5.35. The van der Waals surface area contributed by atoms with E-state index >= 15 is 0 Å². The van der Waals surface area contributed by atoms with Crippen LogP contribution in [0.2, 0.25) is 0 Å². The quantitative estimate of drug-likeness (QED) is 0.924. The standard InChI is InChI=1S/C17H22FN3/c1-12(20-15-7-3-4-8-15)17-11-19-21(13(17)2)16-9-5-6-14(18)10-16/h5-6,9-12,15,20H,3-4,7-8H2,1-2H3. The Balaban J connectivity index is 1.81. The van der Waals surface area contributed by atoms with E-state index in [0.29, 0.717) is 6.04 Å². The number of benzene rings is 1. The minimum atomic E-state index is -0.235. The normalized spacial score (nSPS) is 17.3. The van der Waals surface area contributed by atoms with Crippen LogP contribution in [0.5, 0.6) is 0 Å². The van der Waals surface area contributed by atoms with Crippen molar-refractivity contribution >= 4 is 0 Å². The molecule has 1 aromatic heterocycles. The van der Waals surface area contributed by atoms with E-state index in [1.54, 1.807) is 6.07 Å². The molecular weight excluding hydrogens is 265 g/mol. The first-order chi connectivity index (χ1) is 10.1. The molecule has 3 rings (SSSR count). The summed E-state index contributed by atoms with van der Waals surface area (Å²) in [6.07, 6.45) is 7.08. The van der Waals surface area contributed by atoms with E-state index in [2.05, 4.69) is 17.3 Å². The van der Waals surface area contributed by atoms with Gasteiger partial charge in [0.05, 0.1) is 11.9 Å². The predicted octanol–water partition coefficient (Wildman–Crippen LogP) is 3.91. The van der Waals surface area contributed by atoms with Gasteiger partial charge in [-0.15, -0.1) is 0 Å². The second kappa shape index (κ2) is 5.98. The molecule has 1 aliphatic carbocycles. The second-order valence-corrected chi connectivity index (χ2v) is 5.95. The van der Waals surface area contributed by atoms with Crippen molar-refractivity contribution in [1.82, 2.24) is 15.1 Å². The van der Waals surface area contributed by atoms with Crippen LogP contribution in [0.25, 0.3) is 5.69 Å². The number of halogens is 1. The topological polar surface area (TPSA) is 29.9 Å². The molecule has 0 saturated heterocycles. The van der Waals surface area contributed by atoms with E-state index in [9.17, 15) is 4.39 Å². The van der Waals surface area contributed by atoms with Crippen LogP contribution in [0, 0.1) is 12.7 Å². The molecule has 2 aromatic rings. The Bertz CT molecular complexity index is 614. The molecule has 1 N–H and O–H groups in total. The fourth-order valence-corrected chi connectivity index (χ4v) is 3.25. The molecule has 0 radical (unpaired) electrons. The van der Waals surface area contributed by atoms with Gasteiger partial charge >= 0.3 is 0 Å². The van der Waals surface area contributed by atoms with Gasteiger partial charge in [-0.05, 0) is 44.9 Å². The smallest absolute Gasteiger partial charge is 0.125 e. The first kappa shape index (κ1) is 14.3. The molecule has 0 aliphatic heterocycles. The Kier molecular flexibility index (Phi) is 4.06. The van der Waals surface area contributed by atoms with Crippen LogP contribution in [0.15, 0.2) is 30.5 Å². The van der Waals surface area contributed by atoms with Gasteiger partial charge in [0.1, 0.15) is 5.82 Å². The van der Waals surface area contributed by atoms with Crippen LogP contribution in [-0.2, 0) is 0 Å². The molecule has 0 bridgehead atoms. The minimum Gasteiger partial charge on any atom is -0.307 e. The van der Waals surface area contributed by atoms with E-state index in [4.69, 9.17) is 0 Å². The van der Waals surface area contributed by atoms with E-state index < -0.39 is 0 Å². The maximum atomic E-state index is 13.4. The van der Waals surface area contributed by atoms with Crippen molar-refractivity contribution in [3.05, 3.63) is 47.5 Å². The fraction of sp³-hybridized carbons (Fsp3) is 0.471. The predicted molar refractivity (Wildman–Crippen MR) is 82.1 cm³/mol. The SMILES string of the molecule is Cc1c(C(C)NC2CCCC2)cnn1-c1cccc(F)c1. The summed E-state index contributed by atoms with van der Waals surface area (Å²) in [5.74, 6) is -0.235. The van der Waals surface area contributed by atoms with Crippen LogP contribution in [0.1, 0.15) is 49.9 Å². The second-order valence-electron chi connectivity index (χ2n) is 5.95. The third-order valence-corrected chi connectivity index (χ3v) is 4.41. The van der Waals surface area contributed by atoms with Crippen molar-refractivity contribution in [2.24, 2.45) is 0 Å². The molecule has 1 aliphatic rings. The fourth-order valence-electron chi connectivity index (χ4n) is 3.25. The third-order valence-electron chi connectivity index (χ3n) is 4.41. The van der Waals surface area contributed by atoms with Crippen LogP contribution in [-0.4, -0.2) is 15.8 Å². The molecule has 112 valence electrons. The number of hydrogen-bond acceptors (Lipinski definition) is 2. The summed E-state index contributed by atoms with van der Waals surface area (Å²) in [5, 5.41) is 8.12. The summed E-state index contributed by atoms with van der Waals surface area (Å²) < 4.78 is 15.2. The summed E-state index contributed by atoms with van der Waals surface area (Å²) in [5.41, 5.74) is 3.02. The Hall–Kier alpha value is -1.68. The lowest BCUT2D eigenvalue weighted by Crippen LogP contribution is -2.29. The minimum absolute atomic E-state index is 0.235. The van der Waals surface area contributed by atoms with Crippen LogP contribution in [0.3, 0.4) is 0 Å². The van der Waals surface area contributed by atoms with Crippen molar-refractivity contribution in [2.75, 3.05) is 0 Å². The number of rotatable bonds is 4. The molecule has 0 amide bonds. The Labute approximate surface area is 125 Å². The van der Waals surface area contributed by atoms with E-state index in [1.165, 1.54) is 43.4 Å². The molecule has 1 saturated carbocycles. The van der Waals surface area contributed by atoms with Crippen LogP contribution >= 0.6 is 0 Å². The zero-order valence-electron chi connectivity index (χ0n) is 12.6. The Morgan fingerprint density at radius 3 is 2.81 bits per heavy atom. The molecule has 1 fully saturated rings. The van der Waals surface area contributed by atoms with Crippen molar-refractivity contribution in [1.29, 1.82) is 0 Å². The van der Waals surface area contributed by atoms with Gasteiger partial charge in [-0.25, -0.2) is 9.07 Å². The van der Waals surface area contributed by atoms with Crippen molar-refractivity contribution in [3.8, 4) is 5.69 Å². The van der Waals surface area contributed by atoms with Crippen molar-refractivity contribution in [3.63, 3.8) is 0 Å². The molecule has 1 aromatic carbocycles. The maximum absolute atomic E-state index is 13.4. The van der Waals surface area contributed by atoms with Gasteiger partial charge < -0.3 is 5.32 Å². The van der Waals surface area contributed by atoms with Gasteiger partial charge in [0.25, 0.3) is 0 Å². The molecule has 1 heterocycles. The molecule has 1 atom stereocenters. The monoisotopic (exact) mass is 287 g/mol. The Morgan fingerprint density at radius 1 is 1.33 bits per heavy atom. The first-order valence-electron chi connectivity index (χ1n) is 7.71. The van der Waals surface area contributed by atoms with Gasteiger partial charge in [-0.2, -0.15) is 5.10 Å². The third kappa shape index (κ3) is 3.00. The molecule has 1 unspecified atom stereocenters. The number of hydrogen-bond donors (Lipinski definition) is 1. The molecule has 0 spiro atoms. The Morgan fingerprint density at radius 2 is 2.10 bits per heavy atom. The van der Waals surface area contributed by atoms with E-state index in [-0.39, 0.29) is 11.9 Å². The summed E-state index contributed by atoms with van der Waals surface area (Å²) >= 11 is 0. The van der Waals surface area contributed by atoms with Crippen LogP contribution < -0.4 is 5.32 Å². The van der Waals surface area contributed by atoms with Gasteiger partial charge in [-0.1, -0.05) is 18.9 Å². The number of nitrogens with zero attached hydrogens (tertiary/aromatic N) is 2. The number of nitrogens with one attached hydrogen (secondary N) is 1. The summed E-state index contributed by atoms with van der Waals surface area (Å²) in [4.78, 5) is 0. The van der Waals surface area contributed by atoms with Gasteiger partial charge in [0.15, 0.2) is 0 Å². The van der Waals surface area contributed by atoms with Gasteiger partial charge in [0.2, 0.25) is 0 Å². The summed E-state index contributed by atoms with van der Waals surface area (Å²) in [6, 6.07) is 7.45. The van der Waals surface area contributed by atoms with Crippen molar-refractivity contribution < 1.29 is 4.39 Å². The molecule has 4 heteroatoms. The zero-order valence-corrected chi connectivity index (χ0v) is 12.6. The highest BCUT2D eigenvalue weighted by atomic mass is 19.1. The van der Waals surface area contributed by atoms with Crippen LogP contribution in [0.4, 0.5) is 4.39 Å². The lowest BCUT2D eigenvalue weighted by molar-refractivity contribution is 0.460. The lowest BCUT2D eigenvalue weighted by atomic mass is 10.1. The van der Waals surface area contributed by atoms with Crippen molar-refractivity contribution in [2.45, 2.75) is 51.6 Å². The average Bonchev–Trinajstić information content (AvgIpc) is 3.08. The first-order valence-corrected chi connectivity index (χ1v) is 7.71. The molecule has 3 nitrogen and oxygen atoms in total. The van der Waals surface area contributed by atoms with Gasteiger partial charge in [-0.3, -0.25) is 0 Å². The zero-order chi connectivity index (χ0) is 14.8. The molecule has 21 heavy (non-hydrogen) atoms. The molecular formula is C17H22FN3. The highest BCUT2D eigenvalue weighted by Gasteiger charge is 2.20. The summed E-state index contributed by atoms with van der Waals surface area (Å²) in [6.45, 7) is 4.22. The highest BCUT2D eigenvalue weighted by Crippen LogP contribution is 2.24. The van der Waals surface area contributed by atoms with E-state index in [0.717, 1.165) is 11.4 Å². The lowest BCUT2D eigenvalue weighted by Gasteiger charge is -2.19. The summed E-state index contributed by atoms with van der Waals surface area (Å²) in [7, 11) is 0. The largest absolute Gasteiger partial charge is 0.307 e. The maximum Gasteiger partial charge on any atom is 0.125 e.